The summed E-state index contributed by atoms with van der Waals surface area (Å²) in [5, 5.41) is 16.5. The summed E-state index contributed by atoms with van der Waals surface area (Å²) in [6.07, 6.45) is 1.77. The van der Waals surface area contributed by atoms with Crippen molar-refractivity contribution in [2.45, 2.75) is 18.9 Å². The Bertz CT molecular complexity index is 486. The van der Waals surface area contributed by atoms with Crippen LogP contribution >= 0.6 is 15.9 Å². The van der Waals surface area contributed by atoms with Gasteiger partial charge in [-0.2, -0.15) is 0 Å². The van der Waals surface area contributed by atoms with Crippen LogP contribution in [-0.4, -0.2) is 23.4 Å². The predicted molar refractivity (Wildman–Crippen MR) is 70.5 cm³/mol. The molecule has 0 aromatic heterocycles. The second-order valence-corrected chi connectivity index (χ2v) is 4.92. The topological polar surface area (TPSA) is 84.3 Å². The Morgan fingerprint density at radius 1 is 1.56 bits per heavy atom. The fraction of sp³-hybridized carbons (Fsp3) is 0.364. The second kappa shape index (κ2) is 5.45. The molecule has 0 saturated carbocycles. The molecule has 18 heavy (non-hydrogen) atoms. The van der Waals surface area contributed by atoms with E-state index in [9.17, 15) is 14.9 Å². The zero-order valence-electron chi connectivity index (χ0n) is 9.48. The second-order valence-electron chi connectivity index (χ2n) is 4.06. The summed E-state index contributed by atoms with van der Waals surface area (Å²) in [6, 6.07) is 4.32. The number of halogens is 1. The van der Waals surface area contributed by atoms with E-state index in [0.29, 0.717) is 10.2 Å². The van der Waals surface area contributed by atoms with E-state index in [1.54, 1.807) is 12.1 Å². The first-order valence-electron chi connectivity index (χ1n) is 5.56. The molecule has 0 bridgehead atoms. The summed E-state index contributed by atoms with van der Waals surface area (Å²) < 4.78 is 0.393. The number of nitrogens with zero attached hydrogens (tertiary/aromatic N) is 1. The van der Waals surface area contributed by atoms with Gasteiger partial charge in [0.25, 0.3) is 5.69 Å². The number of benzene rings is 1. The van der Waals surface area contributed by atoms with Gasteiger partial charge in [0, 0.05) is 11.8 Å². The average molecular weight is 314 g/mol. The molecule has 0 radical (unpaired) electrons. The molecule has 6 nitrogen and oxygen atoms in total. The molecule has 1 heterocycles. The van der Waals surface area contributed by atoms with E-state index in [2.05, 4.69) is 26.6 Å². The molecule has 0 spiro atoms. The van der Waals surface area contributed by atoms with Gasteiger partial charge in [-0.15, -0.1) is 0 Å². The first kappa shape index (κ1) is 13.0. The minimum atomic E-state index is -0.493. The van der Waals surface area contributed by atoms with Crippen molar-refractivity contribution in [1.29, 1.82) is 0 Å². The molecule has 7 heteroatoms. The van der Waals surface area contributed by atoms with Gasteiger partial charge < -0.3 is 10.6 Å². The van der Waals surface area contributed by atoms with Gasteiger partial charge >= 0.3 is 0 Å². The highest BCUT2D eigenvalue weighted by atomic mass is 79.9. The molecule has 1 aromatic rings. The summed E-state index contributed by atoms with van der Waals surface area (Å²) in [7, 11) is 0. The maximum Gasteiger partial charge on any atom is 0.285 e. The van der Waals surface area contributed by atoms with E-state index < -0.39 is 4.92 Å². The van der Waals surface area contributed by atoms with Gasteiger partial charge in [-0.1, -0.05) is 0 Å². The first-order valence-corrected chi connectivity index (χ1v) is 6.35. The number of amides is 1. The highest BCUT2D eigenvalue weighted by Crippen LogP contribution is 2.27. The van der Waals surface area contributed by atoms with E-state index in [0.717, 1.165) is 19.4 Å². The van der Waals surface area contributed by atoms with Crippen LogP contribution in [0.3, 0.4) is 0 Å². The average Bonchev–Trinajstić information content (AvgIpc) is 2.85. The lowest BCUT2D eigenvalue weighted by Gasteiger charge is -2.11. The third-order valence-corrected chi connectivity index (χ3v) is 3.46. The number of nitro benzene ring substituents is 1. The van der Waals surface area contributed by atoms with E-state index in [-0.39, 0.29) is 17.6 Å². The highest BCUT2D eigenvalue weighted by molar-refractivity contribution is 9.10. The van der Waals surface area contributed by atoms with Gasteiger partial charge in [0.1, 0.15) is 0 Å². The van der Waals surface area contributed by atoms with Crippen molar-refractivity contribution in [2.75, 3.05) is 11.9 Å². The molecule has 0 unspecified atom stereocenters. The molecule has 1 atom stereocenters. The van der Waals surface area contributed by atoms with Crippen LogP contribution in [0.25, 0.3) is 0 Å². The van der Waals surface area contributed by atoms with Crippen LogP contribution in [0.1, 0.15) is 12.8 Å². The predicted octanol–water partition coefficient (Wildman–Crippen LogP) is 2.05. The van der Waals surface area contributed by atoms with Crippen molar-refractivity contribution in [2.24, 2.45) is 0 Å². The maximum atomic E-state index is 11.8. The smallest absolute Gasteiger partial charge is 0.285 e. The van der Waals surface area contributed by atoms with Gasteiger partial charge in [0.2, 0.25) is 5.91 Å². The van der Waals surface area contributed by atoms with Gasteiger partial charge in [0.05, 0.1) is 15.4 Å². The fourth-order valence-electron chi connectivity index (χ4n) is 1.87. The lowest BCUT2D eigenvalue weighted by molar-refractivity contribution is -0.385. The van der Waals surface area contributed by atoms with Crippen molar-refractivity contribution in [3.63, 3.8) is 0 Å². The van der Waals surface area contributed by atoms with Crippen molar-refractivity contribution in [3.05, 3.63) is 32.8 Å². The van der Waals surface area contributed by atoms with E-state index in [1.165, 1.54) is 6.07 Å². The Kier molecular flexibility index (Phi) is 3.93. The van der Waals surface area contributed by atoms with Crippen LogP contribution < -0.4 is 10.6 Å². The molecule has 1 aliphatic rings. The molecule has 0 aliphatic carbocycles. The number of hydrogen-bond donors (Lipinski definition) is 2. The number of hydrogen-bond acceptors (Lipinski definition) is 4. The third kappa shape index (κ3) is 2.85. The van der Waals surface area contributed by atoms with Crippen LogP contribution in [0.2, 0.25) is 0 Å². The first-order chi connectivity index (χ1) is 8.58. The van der Waals surface area contributed by atoms with Gasteiger partial charge in [-0.3, -0.25) is 14.9 Å². The van der Waals surface area contributed by atoms with Gasteiger partial charge in [-0.05, 0) is 47.4 Å². The third-order valence-electron chi connectivity index (χ3n) is 2.79. The fourth-order valence-corrected chi connectivity index (χ4v) is 2.26. The van der Waals surface area contributed by atoms with Crippen LogP contribution in [0, 0.1) is 10.1 Å². The zero-order chi connectivity index (χ0) is 13.1. The largest absolute Gasteiger partial charge is 0.324 e. The Labute approximate surface area is 112 Å². The number of rotatable bonds is 3. The van der Waals surface area contributed by atoms with Crippen molar-refractivity contribution in [3.8, 4) is 0 Å². The maximum absolute atomic E-state index is 11.8. The summed E-state index contributed by atoms with van der Waals surface area (Å²) >= 11 is 3.10. The molecular formula is C11H12BrN3O3. The number of anilines is 1. The van der Waals surface area contributed by atoms with Crippen LogP contribution in [0.5, 0.6) is 0 Å². The number of carbonyl (C=O) groups is 1. The molecule has 1 saturated heterocycles. The summed E-state index contributed by atoms with van der Waals surface area (Å²) in [5.41, 5.74) is 0.371. The SMILES string of the molecule is O=C(Nc1ccc(Br)c([N+](=O)[O-])c1)[C@H]1CCCN1. The monoisotopic (exact) mass is 313 g/mol. The Morgan fingerprint density at radius 2 is 2.33 bits per heavy atom. The minimum Gasteiger partial charge on any atom is -0.324 e. The highest BCUT2D eigenvalue weighted by Gasteiger charge is 2.22. The molecule has 1 aromatic carbocycles. The van der Waals surface area contributed by atoms with E-state index >= 15 is 0 Å². The number of nitro groups is 1. The molecular weight excluding hydrogens is 302 g/mol. The van der Waals surface area contributed by atoms with Crippen molar-refractivity contribution >= 4 is 33.2 Å². The van der Waals surface area contributed by atoms with E-state index in [1.807, 2.05) is 0 Å². The lowest BCUT2D eigenvalue weighted by Crippen LogP contribution is -2.35. The Hall–Kier alpha value is -1.47. The lowest BCUT2D eigenvalue weighted by atomic mass is 10.2. The summed E-state index contributed by atoms with van der Waals surface area (Å²) in [5.74, 6) is -0.149. The van der Waals surface area contributed by atoms with Crippen LogP contribution in [0.4, 0.5) is 11.4 Å². The normalized spacial score (nSPS) is 18.6. The molecule has 1 aliphatic heterocycles. The summed E-state index contributed by atoms with van der Waals surface area (Å²) in [4.78, 5) is 22.1. The van der Waals surface area contributed by atoms with E-state index in [4.69, 9.17) is 0 Å². The summed E-state index contributed by atoms with van der Waals surface area (Å²) in [6.45, 7) is 0.832. The van der Waals surface area contributed by atoms with Crippen LogP contribution in [-0.2, 0) is 4.79 Å². The standard InChI is InChI=1S/C11H12BrN3O3/c12-8-4-3-7(6-10(8)15(17)18)14-11(16)9-2-1-5-13-9/h3-4,6,9,13H,1-2,5H2,(H,14,16)/t9-/m1/s1. The minimum absolute atomic E-state index is 0.0628. The molecule has 1 fully saturated rings. The molecule has 1 amide bonds. The Morgan fingerprint density at radius 3 is 2.94 bits per heavy atom. The van der Waals surface area contributed by atoms with Crippen LogP contribution in [0.15, 0.2) is 22.7 Å². The number of carbonyl (C=O) groups excluding carboxylic acids is 1. The van der Waals surface area contributed by atoms with Crippen molar-refractivity contribution < 1.29 is 9.72 Å². The Balaban J connectivity index is 2.11. The quantitative estimate of drug-likeness (QED) is 0.660. The number of nitrogens with one attached hydrogen (secondary N) is 2. The zero-order valence-corrected chi connectivity index (χ0v) is 11.1. The van der Waals surface area contributed by atoms with Gasteiger partial charge in [0.15, 0.2) is 0 Å². The van der Waals surface area contributed by atoms with Gasteiger partial charge in [-0.25, -0.2) is 0 Å². The molecule has 2 N–H and O–H groups in total. The van der Waals surface area contributed by atoms with Crippen molar-refractivity contribution in [1.82, 2.24) is 5.32 Å². The molecule has 2 rings (SSSR count). The molecule has 96 valence electrons.